The normalized spacial score (nSPS) is 19.6. The standard InChI is InChI=1S/C14H18F3N/c1-10(13(2)6-7-13)18-9-11-4-3-5-12(8-11)14(15,16)17/h3-5,8,10,18H,6-7,9H2,1-2H3. The third kappa shape index (κ3) is 3.05. The molecule has 100 valence electrons. The fraction of sp³-hybridized carbons (Fsp3) is 0.571. The summed E-state index contributed by atoms with van der Waals surface area (Å²) in [4.78, 5) is 0. The summed E-state index contributed by atoms with van der Waals surface area (Å²) in [6.45, 7) is 4.79. The van der Waals surface area contributed by atoms with Crippen LogP contribution in [0.25, 0.3) is 0 Å². The van der Waals surface area contributed by atoms with Gasteiger partial charge in [-0.05, 0) is 36.8 Å². The van der Waals surface area contributed by atoms with Crippen molar-refractivity contribution in [3.63, 3.8) is 0 Å². The van der Waals surface area contributed by atoms with E-state index >= 15 is 0 Å². The molecule has 0 aromatic heterocycles. The van der Waals surface area contributed by atoms with Crippen LogP contribution in [-0.2, 0) is 12.7 Å². The lowest BCUT2D eigenvalue weighted by molar-refractivity contribution is -0.137. The molecule has 0 heterocycles. The number of rotatable bonds is 4. The van der Waals surface area contributed by atoms with Gasteiger partial charge >= 0.3 is 6.18 Å². The van der Waals surface area contributed by atoms with Gasteiger partial charge in [-0.1, -0.05) is 25.1 Å². The Bertz CT molecular complexity index is 421. The van der Waals surface area contributed by atoms with Crippen molar-refractivity contribution >= 4 is 0 Å². The Morgan fingerprint density at radius 2 is 2.00 bits per heavy atom. The molecule has 0 saturated heterocycles. The topological polar surface area (TPSA) is 12.0 Å². The summed E-state index contributed by atoms with van der Waals surface area (Å²) >= 11 is 0. The molecule has 0 bridgehead atoms. The van der Waals surface area contributed by atoms with Crippen molar-refractivity contribution in [1.82, 2.24) is 5.32 Å². The van der Waals surface area contributed by atoms with E-state index in [1.807, 2.05) is 0 Å². The van der Waals surface area contributed by atoms with Crippen molar-refractivity contribution in [3.8, 4) is 0 Å². The summed E-state index contributed by atoms with van der Waals surface area (Å²) in [5, 5.41) is 3.31. The van der Waals surface area contributed by atoms with Crippen molar-refractivity contribution < 1.29 is 13.2 Å². The van der Waals surface area contributed by atoms with Gasteiger partial charge in [-0.3, -0.25) is 0 Å². The summed E-state index contributed by atoms with van der Waals surface area (Å²) in [5.41, 5.74) is 0.440. The van der Waals surface area contributed by atoms with Gasteiger partial charge < -0.3 is 5.32 Å². The van der Waals surface area contributed by atoms with Crippen LogP contribution in [0, 0.1) is 5.41 Å². The smallest absolute Gasteiger partial charge is 0.310 e. The average Bonchev–Trinajstić information content (AvgIpc) is 3.05. The van der Waals surface area contributed by atoms with Gasteiger partial charge in [-0.25, -0.2) is 0 Å². The Morgan fingerprint density at radius 1 is 1.33 bits per heavy atom. The van der Waals surface area contributed by atoms with E-state index in [1.165, 1.54) is 25.0 Å². The van der Waals surface area contributed by atoms with E-state index in [0.29, 0.717) is 23.6 Å². The molecule has 1 aliphatic rings. The molecule has 1 aromatic carbocycles. The third-order valence-electron chi connectivity index (χ3n) is 3.95. The van der Waals surface area contributed by atoms with Gasteiger partial charge in [-0.2, -0.15) is 13.2 Å². The second kappa shape index (κ2) is 4.57. The van der Waals surface area contributed by atoms with Gasteiger partial charge in [0.2, 0.25) is 0 Å². The zero-order valence-corrected chi connectivity index (χ0v) is 10.6. The van der Waals surface area contributed by atoms with Gasteiger partial charge in [0, 0.05) is 12.6 Å². The lowest BCUT2D eigenvalue weighted by Crippen LogP contribution is -2.32. The molecule has 4 heteroatoms. The van der Waals surface area contributed by atoms with Crippen LogP contribution in [0.1, 0.15) is 37.8 Å². The van der Waals surface area contributed by atoms with E-state index in [-0.39, 0.29) is 0 Å². The van der Waals surface area contributed by atoms with Crippen molar-refractivity contribution in [3.05, 3.63) is 35.4 Å². The first-order chi connectivity index (χ1) is 8.31. The molecular weight excluding hydrogens is 239 g/mol. The van der Waals surface area contributed by atoms with E-state index in [2.05, 4.69) is 19.2 Å². The van der Waals surface area contributed by atoms with E-state index in [0.717, 1.165) is 6.07 Å². The molecule has 0 aliphatic heterocycles. The number of halogens is 3. The number of benzene rings is 1. The zero-order valence-electron chi connectivity index (χ0n) is 10.6. The van der Waals surface area contributed by atoms with Gasteiger partial charge in [0.1, 0.15) is 0 Å². The molecule has 1 atom stereocenters. The molecule has 18 heavy (non-hydrogen) atoms. The van der Waals surface area contributed by atoms with Gasteiger partial charge in [0.25, 0.3) is 0 Å². The molecule has 1 aliphatic carbocycles. The maximum Gasteiger partial charge on any atom is 0.416 e. The summed E-state index contributed by atoms with van der Waals surface area (Å²) in [6, 6.07) is 5.85. The second-order valence-electron chi connectivity index (χ2n) is 5.45. The first kappa shape index (κ1) is 13.4. The Morgan fingerprint density at radius 3 is 2.56 bits per heavy atom. The molecule has 1 aromatic rings. The maximum absolute atomic E-state index is 12.5. The van der Waals surface area contributed by atoms with Crippen LogP contribution in [0.2, 0.25) is 0 Å². The molecule has 1 saturated carbocycles. The number of hydrogen-bond acceptors (Lipinski definition) is 1. The van der Waals surface area contributed by atoms with Crippen LogP contribution < -0.4 is 5.32 Å². The summed E-state index contributed by atoms with van der Waals surface area (Å²) in [5.74, 6) is 0. The van der Waals surface area contributed by atoms with Crippen LogP contribution >= 0.6 is 0 Å². The SMILES string of the molecule is CC(NCc1cccc(C(F)(F)F)c1)C1(C)CC1. The highest BCUT2D eigenvalue weighted by atomic mass is 19.4. The third-order valence-corrected chi connectivity index (χ3v) is 3.95. The molecule has 1 N–H and O–H groups in total. The van der Waals surface area contributed by atoms with Gasteiger partial charge in [0.15, 0.2) is 0 Å². The van der Waals surface area contributed by atoms with Crippen molar-refractivity contribution in [2.45, 2.75) is 45.5 Å². The highest BCUT2D eigenvalue weighted by molar-refractivity contribution is 5.25. The quantitative estimate of drug-likeness (QED) is 0.860. The highest BCUT2D eigenvalue weighted by Crippen LogP contribution is 2.47. The minimum Gasteiger partial charge on any atom is -0.310 e. The molecule has 0 spiro atoms. The fourth-order valence-electron chi connectivity index (χ4n) is 2.01. The molecule has 0 radical (unpaired) electrons. The average molecular weight is 257 g/mol. The second-order valence-corrected chi connectivity index (χ2v) is 5.45. The van der Waals surface area contributed by atoms with Crippen LogP contribution in [0.15, 0.2) is 24.3 Å². The molecule has 2 rings (SSSR count). The minimum atomic E-state index is -4.26. The van der Waals surface area contributed by atoms with E-state index < -0.39 is 11.7 Å². The van der Waals surface area contributed by atoms with E-state index in [1.54, 1.807) is 6.07 Å². The Hall–Kier alpha value is -1.03. The first-order valence-corrected chi connectivity index (χ1v) is 6.21. The van der Waals surface area contributed by atoms with Gasteiger partial charge in [-0.15, -0.1) is 0 Å². The molecule has 1 nitrogen and oxygen atoms in total. The Labute approximate surface area is 105 Å². The van der Waals surface area contributed by atoms with Crippen LogP contribution in [-0.4, -0.2) is 6.04 Å². The monoisotopic (exact) mass is 257 g/mol. The van der Waals surface area contributed by atoms with Crippen molar-refractivity contribution in [1.29, 1.82) is 0 Å². The largest absolute Gasteiger partial charge is 0.416 e. The van der Waals surface area contributed by atoms with Crippen LogP contribution in [0.4, 0.5) is 13.2 Å². The van der Waals surface area contributed by atoms with Crippen molar-refractivity contribution in [2.24, 2.45) is 5.41 Å². The first-order valence-electron chi connectivity index (χ1n) is 6.21. The summed E-state index contributed by atoms with van der Waals surface area (Å²) in [6.07, 6.45) is -1.86. The highest BCUT2D eigenvalue weighted by Gasteiger charge is 2.42. The number of hydrogen-bond donors (Lipinski definition) is 1. The van der Waals surface area contributed by atoms with Crippen molar-refractivity contribution in [2.75, 3.05) is 0 Å². The summed E-state index contributed by atoms with van der Waals surface area (Å²) < 4.78 is 37.6. The number of nitrogens with one attached hydrogen (secondary N) is 1. The lowest BCUT2D eigenvalue weighted by Gasteiger charge is -2.20. The van der Waals surface area contributed by atoms with E-state index in [9.17, 15) is 13.2 Å². The van der Waals surface area contributed by atoms with Crippen LogP contribution in [0.3, 0.4) is 0 Å². The zero-order chi connectivity index (χ0) is 13.4. The predicted molar refractivity (Wildman–Crippen MR) is 65.1 cm³/mol. The molecular formula is C14H18F3N. The van der Waals surface area contributed by atoms with Crippen LogP contribution in [0.5, 0.6) is 0 Å². The summed E-state index contributed by atoms with van der Waals surface area (Å²) in [7, 11) is 0. The molecule has 1 unspecified atom stereocenters. The maximum atomic E-state index is 12.5. The Kier molecular flexibility index (Phi) is 3.41. The molecule has 1 fully saturated rings. The van der Waals surface area contributed by atoms with Gasteiger partial charge in [0.05, 0.1) is 5.56 Å². The van der Waals surface area contributed by atoms with E-state index in [4.69, 9.17) is 0 Å². The number of alkyl halides is 3. The minimum absolute atomic E-state index is 0.335. The molecule has 0 amide bonds. The Balaban J connectivity index is 1.97. The predicted octanol–water partition coefficient (Wildman–Crippen LogP) is 3.98. The fourth-order valence-corrected chi connectivity index (χ4v) is 2.01. The lowest BCUT2D eigenvalue weighted by atomic mass is 10.0.